The van der Waals surface area contributed by atoms with Crippen molar-refractivity contribution in [2.24, 2.45) is 11.7 Å². The van der Waals surface area contributed by atoms with E-state index in [4.69, 9.17) is 10.5 Å². The number of methoxy groups -OCH3 is 1. The van der Waals surface area contributed by atoms with Crippen LogP contribution in [0.1, 0.15) is 30.9 Å². The summed E-state index contributed by atoms with van der Waals surface area (Å²) in [5.74, 6) is 0.981. The molecule has 82 valence electrons. The van der Waals surface area contributed by atoms with Crippen molar-refractivity contribution in [3.05, 3.63) is 29.6 Å². The van der Waals surface area contributed by atoms with Crippen molar-refractivity contribution in [2.75, 3.05) is 7.11 Å². The molecule has 0 amide bonds. The highest BCUT2D eigenvalue weighted by atomic mass is 19.1. The first-order chi connectivity index (χ1) is 7.22. The Morgan fingerprint density at radius 1 is 1.53 bits per heavy atom. The molecule has 1 atom stereocenters. The zero-order chi connectivity index (χ0) is 10.8. The minimum atomic E-state index is -0.262. The van der Waals surface area contributed by atoms with Crippen LogP contribution in [0.5, 0.6) is 5.75 Å². The summed E-state index contributed by atoms with van der Waals surface area (Å²) in [5.41, 5.74) is 6.51. The van der Waals surface area contributed by atoms with Gasteiger partial charge in [0.25, 0.3) is 0 Å². The molecule has 0 heterocycles. The van der Waals surface area contributed by atoms with Crippen LogP contribution in [-0.4, -0.2) is 7.11 Å². The summed E-state index contributed by atoms with van der Waals surface area (Å²) in [6.45, 7) is 0. The standard InChI is InChI=1S/C12H16FNO/c1-15-11-4-2-3-9(13)12(11)10(14)7-8-5-6-8/h2-4,8,10H,5-7,14H2,1H3/t10-/m0/s1. The predicted octanol–water partition coefficient (Wildman–Crippen LogP) is 2.63. The third-order valence-electron chi connectivity index (χ3n) is 2.89. The summed E-state index contributed by atoms with van der Waals surface area (Å²) in [4.78, 5) is 0. The van der Waals surface area contributed by atoms with Crippen molar-refractivity contribution >= 4 is 0 Å². The van der Waals surface area contributed by atoms with Gasteiger partial charge in [-0.15, -0.1) is 0 Å². The first kappa shape index (κ1) is 10.4. The number of hydrogen-bond acceptors (Lipinski definition) is 2. The smallest absolute Gasteiger partial charge is 0.131 e. The fourth-order valence-electron chi connectivity index (χ4n) is 1.89. The molecule has 1 aromatic carbocycles. The van der Waals surface area contributed by atoms with Crippen LogP contribution in [0.3, 0.4) is 0 Å². The van der Waals surface area contributed by atoms with Gasteiger partial charge in [0.15, 0.2) is 0 Å². The maximum absolute atomic E-state index is 13.6. The van der Waals surface area contributed by atoms with Crippen LogP contribution < -0.4 is 10.5 Å². The lowest BCUT2D eigenvalue weighted by Gasteiger charge is -2.16. The quantitative estimate of drug-likeness (QED) is 0.827. The number of hydrogen-bond donors (Lipinski definition) is 1. The number of halogens is 1. The van der Waals surface area contributed by atoms with E-state index in [9.17, 15) is 4.39 Å². The van der Waals surface area contributed by atoms with Gasteiger partial charge in [-0.1, -0.05) is 18.9 Å². The second-order valence-electron chi connectivity index (χ2n) is 4.14. The molecule has 2 rings (SSSR count). The first-order valence-corrected chi connectivity index (χ1v) is 5.30. The lowest BCUT2D eigenvalue weighted by atomic mass is 10.0. The lowest BCUT2D eigenvalue weighted by Crippen LogP contribution is -2.14. The Labute approximate surface area is 89.2 Å². The number of rotatable bonds is 4. The van der Waals surface area contributed by atoms with Gasteiger partial charge in [-0.05, 0) is 24.5 Å². The number of benzene rings is 1. The summed E-state index contributed by atoms with van der Waals surface area (Å²) in [5, 5.41) is 0. The number of ether oxygens (including phenoxy) is 1. The minimum absolute atomic E-state index is 0.242. The van der Waals surface area contributed by atoms with Crippen LogP contribution in [0.15, 0.2) is 18.2 Å². The van der Waals surface area contributed by atoms with Crippen LogP contribution >= 0.6 is 0 Å². The summed E-state index contributed by atoms with van der Waals surface area (Å²) in [6.07, 6.45) is 3.31. The molecule has 1 saturated carbocycles. The van der Waals surface area contributed by atoms with E-state index in [1.54, 1.807) is 19.2 Å². The van der Waals surface area contributed by atoms with E-state index < -0.39 is 0 Å². The normalized spacial score (nSPS) is 17.5. The molecular formula is C12H16FNO. The fraction of sp³-hybridized carbons (Fsp3) is 0.500. The molecule has 1 fully saturated rings. The molecule has 0 saturated heterocycles. The SMILES string of the molecule is COc1cccc(F)c1[C@@H](N)CC1CC1. The van der Waals surface area contributed by atoms with E-state index >= 15 is 0 Å². The largest absolute Gasteiger partial charge is 0.496 e. The van der Waals surface area contributed by atoms with Gasteiger partial charge in [0.2, 0.25) is 0 Å². The van der Waals surface area contributed by atoms with E-state index in [1.165, 1.54) is 18.9 Å². The molecule has 0 radical (unpaired) electrons. The molecule has 15 heavy (non-hydrogen) atoms. The summed E-state index contributed by atoms with van der Waals surface area (Å²) < 4.78 is 18.7. The van der Waals surface area contributed by atoms with Crippen LogP contribution in [0.25, 0.3) is 0 Å². The highest BCUT2D eigenvalue weighted by molar-refractivity contribution is 5.37. The molecule has 2 N–H and O–H groups in total. The third-order valence-corrected chi connectivity index (χ3v) is 2.89. The van der Waals surface area contributed by atoms with E-state index in [0.717, 1.165) is 6.42 Å². The van der Waals surface area contributed by atoms with Gasteiger partial charge in [-0.3, -0.25) is 0 Å². The summed E-state index contributed by atoms with van der Waals surface area (Å²) in [6, 6.07) is 4.59. The highest BCUT2D eigenvalue weighted by Gasteiger charge is 2.27. The van der Waals surface area contributed by atoms with Crippen molar-refractivity contribution in [3.8, 4) is 5.75 Å². The Bertz CT molecular complexity index is 349. The van der Waals surface area contributed by atoms with Gasteiger partial charge in [0.1, 0.15) is 11.6 Å². The molecule has 0 unspecified atom stereocenters. The maximum Gasteiger partial charge on any atom is 0.131 e. The molecule has 3 heteroatoms. The van der Waals surface area contributed by atoms with Crippen LogP contribution in [-0.2, 0) is 0 Å². The van der Waals surface area contributed by atoms with Crippen molar-refractivity contribution in [1.82, 2.24) is 0 Å². The van der Waals surface area contributed by atoms with Crippen molar-refractivity contribution in [2.45, 2.75) is 25.3 Å². The van der Waals surface area contributed by atoms with E-state index in [0.29, 0.717) is 17.2 Å². The average Bonchev–Trinajstić information content (AvgIpc) is 3.00. The van der Waals surface area contributed by atoms with Crippen LogP contribution in [0.2, 0.25) is 0 Å². The molecule has 0 spiro atoms. The van der Waals surface area contributed by atoms with Gasteiger partial charge in [-0.2, -0.15) is 0 Å². The fourth-order valence-corrected chi connectivity index (χ4v) is 1.89. The van der Waals surface area contributed by atoms with E-state index in [2.05, 4.69) is 0 Å². The van der Waals surface area contributed by atoms with Crippen molar-refractivity contribution in [3.63, 3.8) is 0 Å². The second-order valence-corrected chi connectivity index (χ2v) is 4.14. The zero-order valence-electron chi connectivity index (χ0n) is 8.87. The summed E-state index contributed by atoms with van der Waals surface area (Å²) in [7, 11) is 1.54. The Balaban J connectivity index is 2.22. The number of nitrogens with two attached hydrogens (primary N) is 1. The summed E-state index contributed by atoms with van der Waals surface area (Å²) >= 11 is 0. The third kappa shape index (κ3) is 2.29. The zero-order valence-corrected chi connectivity index (χ0v) is 8.87. The van der Waals surface area contributed by atoms with Gasteiger partial charge >= 0.3 is 0 Å². The van der Waals surface area contributed by atoms with Gasteiger partial charge in [-0.25, -0.2) is 4.39 Å². The van der Waals surface area contributed by atoms with E-state index in [1.807, 2.05) is 0 Å². The Hall–Kier alpha value is -1.09. The Kier molecular flexibility index (Phi) is 2.91. The van der Waals surface area contributed by atoms with Crippen molar-refractivity contribution < 1.29 is 9.13 Å². The highest BCUT2D eigenvalue weighted by Crippen LogP contribution is 2.39. The minimum Gasteiger partial charge on any atom is -0.496 e. The molecular weight excluding hydrogens is 193 g/mol. The molecule has 2 nitrogen and oxygen atoms in total. The molecule has 0 bridgehead atoms. The molecule has 0 aromatic heterocycles. The van der Waals surface area contributed by atoms with Gasteiger partial charge in [0.05, 0.1) is 7.11 Å². The molecule has 0 aliphatic heterocycles. The maximum atomic E-state index is 13.6. The predicted molar refractivity (Wildman–Crippen MR) is 57.2 cm³/mol. The Morgan fingerprint density at radius 3 is 2.87 bits per heavy atom. The topological polar surface area (TPSA) is 35.2 Å². The van der Waals surface area contributed by atoms with E-state index in [-0.39, 0.29) is 11.9 Å². The lowest BCUT2D eigenvalue weighted by molar-refractivity contribution is 0.395. The van der Waals surface area contributed by atoms with Crippen molar-refractivity contribution in [1.29, 1.82) is 0 Å². The molecule has 1 aromatic rings. The van der Waals surface area contributed by atoms with Gasteiger partial charge < -0.3 is 10.5 Å². The van der Waals surface area contributed by atoms with Crippen LogP contribution in [0, 0.1) is 11.7 Å². The monoisotopic (exact) mass is 209 g/mol. The Morgan fingerprint density at radius 2 is 2.27 bits per heavy atom. The second kappa shape index (κ2) is 4.19. The molecule has 1 aliphatic carbocycles. The van der Waals surface area contributed by atoms with Gasteiger partial charge in [0, 0.05) is 11.6 Å². The molecule has 1 aliphatic rings. The average molecular weight is 209 g/mol. The van der Waals surface area contributed by atoms with Crippen LogP contribution in [0.4, 0.5) is 4.39 Å². The first-order valence-electron chi connectivity index (χ1n) is 5.30.